The molecule has 2 aromatic carbocycles. The van der Waals surface area contributed by atoms with Gasteiger partial charge in [-0.2, -0.15) is 0 Å². The summed E-state index contributed by atoms with van der Waals surface area (Å²) < 4.78 is 0. The summed E-state index contributed by atoms with van der Waals surface area (Å²) in [7, 11) is 0. The van der Waals surface area contributed by atoms with Gasteiger partial charge in [0, 0.05) is 10.7 Å². The molecule has 0 saturated carbocycles. The zero-order valence-electron chi connectivity index (χ0n) is 11.2. The zero-order valence-corrected chi connectivity index (χ0v) is 13.5. The maximum absolute atomic E-state index is 12.0. The van der Waals surface area contributed by atoms with Gasteiger partial charge in [0.1, 0.15) is 0 Å². The number of para-hydroxylation sites is 1. The van der Waals surface area contributed by atoms with E-state index in [0.717, 1.165) is 11.3 Å². The summed E-state index contributed by atoms with van der Waals surface area (Å²) in [5.74, 6) is -0.246. The molecule has 0 fully saturated rings. The van der Waals surface area contributed by atoms with Crippen molar-refractivity contribution in [3.63, 3.8) is 0 Å². The van der Waals surface area contributed by atoms with Crippen LogP contribution in [0, 0.1) is 6.92 Å². The summed E-state index contributed by atoms with van der Waals surface area (Å²) in [6.45, 7) is 2.02. The van der Waals surface area contributed by atoms with Gasteiger partial charge in [-0.3, -0.25) is 4.79 Å². The van der Waals surface area contributed by atoms with Crippen LogP contribution in [0.15, 0.2) is 36.4 Å². The quantitative estimate of drug-likeness (QED) is 0.819. The summed E-state index contributed by atoms with van der Waals surface area (Å²) in [5.41, 5.74) is 2.22. The van der Waals surface area contributed by atoms with Crippen molar-refractivity contribution in [2.45, 2.75) is 6.92 Å². The Bertz CT molecular complexity index is 654. The van der Waals surface area contributed by atoms with Crippen molar-refractivity contribution < 1.29 is 4.79 Å². The van der Waals surface area contributed by atoms with Gasteiger partial charge in [-0.05, 0) is 36.8 Å². The highest BCUT2D eigenvalue weighted by Gasteiger charge is 2.09. The SMILES string of the molecule is Cc1ccc(Cl)cc1NCC(=O)Nc1c(Cl)cccc1Cl. The number of rotatable bonds is 4. The first kappa shape index (κ1) is 16.0. The van der Waals surface area contributed by atoms with E-state index < -0.39 is 0 Å². The standard InChI is InChI=1S/C15H13Cl3N2O/c1-9-5-6-10(16)7-13(9)19-8-14(21)20-15-11(17)3-2-4-12(15)18/h2-7,19H,8H2,1H3,(H,20,21). The second-order valence-corrected chi connectivity index (χ2v) is 5.71. The molecular formula is C15H13Cl3N2O. The number of aryl methyl sites for hydroxylation is 1. The van der Waals surface area contributed by atoms with Crippen molar-refractivity contribution in [2.24, 2.45) is 0 Å². The van der Waals surface area contributed by atoms with E-state index in [0.29, 0.717) is 20.8 Å². The third kappa shape index (κ3) is 4.27. The fourth-order valence-corrected chi connectivity index (χ4v) is 2.43. The second kappa shape index (κ2) is 7.03. The molecule has 0 radical (unpaired) electrons. The molecule has 6 heteroatoms. The van der Waals surface area contributed by atoms with Crippen molar-refractivity contribution in [3.8, 4) is 0 Å². The van der Waals surface area contributed by atoms with Crippen LogP contribution in [0.5, 0.6) is 0 Å². The highest BCUT2D eigenvalue weighted by molar-refractivity contribution is 6.39. The largest absolute Gasteiger partial charge is 0.376 e. The highest BCUT2D eigenvalue weighted by atomic mass is 35.5. The number of carbonyl (C=O) groups excluding carboxylic acids is 1. The highest BCUT2D eigenvalue weighted by Crippen LogP contribution is 2.29. The molecule has 21 heavy (non-hydrogen) atoms. The lowest BCUT2D eigenvalue weighted by atomic mass is 10.2. The van der Waals surface area contributed by atoms with E-state index in [9.17, 15) is 4.79 Å². The van der Waals surface area contributed by atoms with Crippen molar-refractivity contribution in [1.29, 1.82) is 0 Å². The number of nitrogens with one attached hydrogen (secondary N) is 2. The lowest BCUT2D eigenvalue weighted by Gasteiger charge is -2.12. The molecule has 2 N–H and O–H groups in total. The third-order valence-corrected chi connectivity index (χ3v) is 3.73. The van der Waals surface area contributed by atoms with Crippen LogP contribution in [0.25, 0.3) is 0 Å². The molecule has 0 aromatic heterocycles. The van der Waals surface area contributed by atoms with Gasteiger partial charge in [-0.1, -0.05) is 46.9 Å². The molecule has 0 aliphatic heterocycles. The fraction of sp³-hybridized carbons (Fsp3) is 0.133. The van der Waals surface area contributed by atoms with Gasteiger partial charge < -0.3 is 10.6 Å². The molecule has 0 atom stereocenters. The predicted molar refractivity (Wildman–Crippen MR) is 89.8 cm³/mol. The van der Waals surface area contributed by atoms with Crippen LogP contribution in [0.3, 0.4) is 0 Å². The van der Waals surface area contributed by atoms with E-state index in [2.05, 4.69) is 10.6 Å². The molecule has 1 amide bonds. The number of benzene rings is 2. The van der Waals surface area contributed by atoms with E-state index in [1.807, 2.05) is 13.0 Å². The van der Waals surface area contributed by atoms with E-state index in [-0.39, 0.29) is 12.5 Å². The predicted octanol–water partition coefficient (Wildman–Crippen LogP) is 5.01. The van der Waals surface area contributed by atoms with Gasteiger partial charge >= 0.3 is 0 Å². The van der Waals surface area contributed by atoms with E-state index >= 15 is 0 Å². The molecule has 0 aliphatic rings. The fourth-order valence-electron chi connectivity index (χ4n) is 1.76. The second-order valence-electron chi connectivity index (χ2n) is 4.46. The van der Waals surface area contributed by atoms with Crippen LogP contribution in [-0.2, 0) is 4.79 Å². The van der Waals surface area contributed by atoms with Crippen molar-refractivity contribution >= 4 is 52.1 Å². The first-order valence-corrected chi connectivity index (χ1v) is 7.34. The lowest BCUT2D eigenvalue weighted by molar-refractivity contribution is -0.114. The van der Waals surface area contributed by atoms with Gasteiger partial charge in [0.25, 0.3) is 0 Å². The number of hydrogen-bond donors (Lipinski definition) is 2. The molecule has 110 valence electrons. The minimum absolute atomic E-state index is 0.0860. The molecule has 0 aliphatic carbocycles. The topological polar surface area (TPSA) is 41.1 Å². The molecule has 2 rings (SSSR count). The summed E-state index contributed by atoms with van der Waals surface area (Å²) in [6, 6.07) is 10.5. The van der Waals surface area contributed by atoms with Crippen LogP contribution < -0.4 is 10.6 Å². The van der Waals surface area contributed by atoms with Gasteiger partial charge in [-0.25, -0.2) is 0 Å². The number of halogens is 3. The molecule has 0 heterocycles. The Morgan fingerprint density at radius 1 is 1.10 bits per heavy atom. The molecule has 0 bridgehead atoms. The van der Waals surface area contributed by atoms with E-state index in [1.165, 1.54) is 0 Å². The summed E-state index contributed by atoms with van der Waals surface area (Å²) in [4.78, 5) is 12.0. The number of hydrogen-bond acceptors (Lipinski definition) is 2. The molecule has 2 aromatic rings. The van der Waals surface area contributed by atoms with Gasteiger partial charge in [0.15, 0.2) is 0 Å². The Kier molecular flexibility index (Phi) is 5.34. The number of amides is 1. The maximum Gasteiger partial charge on any atom is 0.243 e. The smallest absolute Gasteiger partial charge is 0.243 e. The van der Waals surface area contributed by atoms with E-state index in [4.69, 9.17) is 34.8 Å². The number of anilines is 2. The number of carbonyl (C=O) groups is 1. The van der Waals surface area contributed by atoms with Crippen LogP contribution in [0.2, 0.25) is 15.1 Å². The van der Waals surface area contributed by atoms with E-state index in [1.54, 1.807) is 30.3 Å². The minimum Gasteiger partial charge on any atom is -0.376 e. The Labute approximate surface area is 138 Å². The average Bonchev–Trinajstić information content (AvgIpc) is 2.44. The van der Waals surface area contributed by atoms with Crippen LogP contribution >= 0.6 is 34.8 Å². The van der Waals surface area contributed by atoms with Crippen molar-refractivity contribution in [1.82, 2.24) is 0 Å². The first-order valence-electron chi connectivity index (χ1n) is 6.21. The summed E-state index contributed by atoms with van der Waals surface area (Å²) in [5, 5.41) is 7.12. The lowest BCUT2D eigenvalue weighted by Crippen LogP contribution is -2.22. The van der Waals surface area contributed by atoms with Crippen LogP contribution in [0.1, 0.15) is 5.56 Å². The van der Waals surface area contributed by atoms with Crippen molar-refractivity contribution in [2.75, 3.05) is 17.2 Å². The molecule has 0 unspecified atom stereocenters. The molecule has 3 nitrogen and oxygen atoms in total. The monoisotopic (exact) mass is 342 g/mol. The average molecular weight is 344 g/mol. The van der Waals surface area contributed by atoms with Crippen molar-refractivity contribution in [3.05, 3.63) is 57.0 Å². The van der Waals surface area contributed by atoms with Gasteiger partial charge in [0.05, 0.1) is 22.3 Å². The van der Waals surface area contributed by atoms with Gasteiger partial charge in [-0.15, -0.1) is 0 Å². The zero-order chi connectivity index (χ0) is 15.4. The third-order valence-electron chi connectivity index (χ3n) is 2.87. The minimum atomic E-state index is -0.246. The Morgan fingerprint density at radius 3 is 2.43 bits per heavy atom. The Morgan fingerprint density at radius 2 is 1.76 bits per heavy atom. The molecular weight excluding hydrogens is 331 g/mol. The Balaban J connectivity index is 2.01. The Hall–Kier alpha value is -1.42. The molecule has 0 saturated heterocycles. The first-order chi connectivity index (χ1) is 9.97. The normalized spacial score (nSPS) is 10.3. The summed E-state index contributed by atoms with van der Waals surface area (Å²) in [6.07, 6.45) is 0. The van der Waals surface area contributed by atoms with Gasteiger partial charge in [0.2, 0.25) is 5.91 Å². The van der Waals surface area contributed by atoms with Crippen LogP contribution in [0.4, 0.5) is 11.4 Å². The maximum atomic E-state index is 12.0. The summed E-state index contributed by atoms with van der Waals surface area (Å²) >= 11 is 17.9. The van der Waals surface area contributed by atoms with Crippen LogP contribution in [-0.4, -0.2) is 12.5 Å². The molecule has 0 spiro atoms.